The molecule has 0 heterocycles. The van der Waals surface area contributed by atoms with E-state index in [1.54, 1.807) is 0 Å². The Kier molecular flexibility index (Phi) is 38.3. The van der Waals surface area contributed by atoms with Crippen molar-refractivity contribution >= 4 is 0 Å². The third-order valence-electron chi connectivity index (χ3n) is 5.00. The fourth-order valence-electron chi connectivity index (χ4n) is 3.61. The summed E-state index contributed by atoms with van der Waals surface area (Å²) < 4.78 is 0. The Hall–Kier alpha value is -0.780. The van der Waals surface area contributed by atoms with E-state index in [0.29, 0.717) is 0 Å². The molecule has 0 spiro atoms. The Labute approximate surface area is 181 Å². The lowest BCUT2D eigenvalue weighted by atomic mass is 9.77. The number of aryl methyl sites for hydroxylation is 2. The van der Waals surface area contributed by atoms with Gasteiger partial charge in [-0.2, -0.15) is 0 Å². The zero-order valence-electron chi connectivity index (χ0n) is 22.1. The second-order valence-corrected chi connectivity index (χ2v) is 6.10. The number of benzene rings is 1. The van der Waals surface area contributed by atoms with Crippen molar-refractivity contribution in [1.29, 1.82) is 0 Å². The van der Waals surface area contributed by atoms with Crippen molar-refractivity contribution in [3.8, 4) is 0 Å². The van der Waals surface area contributed by atoms with Gasteiger partial charge in [0, 0.05) is 0 Å². The molecule has 2 unspecified atom stereocenters. The standard InChI is InChI=1S/C10H20.C10H14.4C2H6/c2*1-3-9-7-5-6-8-10(9)4-2;4*1-2/h9-10H,3-8H2,1-2H3;5-8H,3-4H2,1-2H3;4*1-2H3. The maximum atomic E-state index is 2.35. The summed E-state index contributed by atoms with van der Waals surface area (Å²) in [6.45, 7) is 25.1. The van der Waals surface area contributed by atoms with Crippen LogP contribution in [-0.2, 0) is 12.8 Å². The molecule has 1 aliphatic carbocycles. The van der Waals surface area contributed by atoms with Crippen LogP contribution >= 0.6 is 0 Å². The van der Waals surface area contributed by atoms with Crippen molar-refractivity contribution < 1.29 is 0 Å². The first-order valence-electron chi connectivity index (χ1n) is 12.8. The largest absolute Gasteiger partial charge is 0.0683 e. The lowest BCUT2D eigenvalue weighted by Gasteiger charge is -2.29. The summed E-state index contributed by atoms with van der Waals surface area (Å²) in [5.41, 5.74) is 2.98. The molecule has 2 atom stereocenters. The normalized spacial score (nSPS) is 16.6. The molecule has 0 radical (unpaired) electrons. The molecule has 0 aromatic heterocycles. The van der Waals surface area contributed by atoms with E-state index in [2.05, 4.69) is 52.0 Å². The lowest BCUT2D eigenvalue weighted by molar-refractivity contribution is 0.224. The van der Waals surface area contributed by atoms with E-state index in [-0.39, 0.29) is 0 Å². The van der Waals surface area contributed by atoms with Gasteiger partial charge >= 0.3 is 0 Å². The minimum atomic E-state index is 1.07. The summed E-state index contributed by atoms with van der Waals surface area (Å²) in [4.78, 5) is 0. The first kappa shape index (κ1) is 34.7. The highest BCUT2D eigenvalue weighted by Crippen LogP contribution is 2.33. The number of rotatable bonds is 4. The van der Waals surface area contributed by atoms with E-state index in [4.69, 9.17) is 0 Å². The summed E-state index contributed by atoms with van der Waals surface area (Å²) in [6, 6.07) is 8.63. The molecule has 0 heteroatoms. The Morgan fingerprint density at radius 2 is 0.857 bits per heavy atom. The van der Waals surface area contributed by atoms with Crippen LogP contribution in [0.25, 0.3) is 0 Å². The molecule has 1 saturated carbocycles. The van der Waals surface area contributed by atoms with Gasteiger partial charge in [0.25, 0.3) is 0 Å². The van der Waals surface area contributed by atoms with E-state index in [0.717, 1.165) is 24.7 Å². The molecule has 0 amide bonds. The molecule has 1 aromatic carbocycles. The van der Waals surface area contributed by atoms with Crippen LogP contribution in [0.15, 0.2) is 24.3 Å². The van der Waals surface area contributed by atoms with Crippen molar-refractivity contribution in [2.24, 2.45) is 11.8 Å². The molecule has 170 valence electrons. The van der Waals surface area contributed by atoms with Crippen molar-refractivity contribution in [1.82, 2.24) is 0 Å². The second kappa shape index (κ2) is 30.9. The third-order valence-corrected chi connectivity index (χ3v) is 5.00. The lowest BCUT2D eigenvalue weighted by Crippen LogP contribution is -2.17. The molecule has 0 saturated heterocycles. The van der Waals surface area contributed by atoms with Gasteiger partial charge in [-0.25, -0.2) is 0 Å². The molecule has 2 rings (SSSR count). The SMILES string of the molecule is CC.CC.CC.CC.CCC1CCCCC1CC.CCc1ccccc1CC. The van der Waals surface area contributed by atoms with E-state index < -0.39 is 0 Å². The van der Waals surface area contributed by atoms with Gasteiger partial charge in [0.1, 0.15) is 0 Å². The average molecular weight is 395 g/mol. The highest BCUT2D eigenvalue weighted by atomic mass is 14.3. The second-order valence-electron chi connectivity index (χ2n) is 6.10. The van der Waals surface area contributed by atoms with Crippen molar-refractivity contribution in [2.45, 2.75) is 134 Å². The highest BCUT2D eigenvalue weighted by Gasteiger charge is 2.21. The Bertz CT molecular complexity index is 318. The predicted molar refractivity (Wildman–Crippen MR) is 137 cm³/mol. The van der Waals surface area contributed by atoms with E-state index >= 15 is 0 Å². The quantitative estimate of drug-likeness (QED) is 0.476. The van der Waals surface area contributed by atoms with Gasteiger partial charge in [-0.05, 0) is 35.8 Å². The van der Waals surface area contributed by atoms with Gasteiger partial charge in [0.2, 0.25) is 0 Å². The first-order valence-corrected chi connectivity index (χ1v) is 12.8. The Balaban J connectivity index is -0.000000152. The summed E-state index contributed by atoms with van der Waals surface area (Å²) >= 11 is 0. The molecule has 1 aliphatic rings. The Morgan fingerprint density at radius 1 is 0.571 bits per heavy atom. The molecule has 0 N–H and O–H groups in total. The predicted octanol–water partition coefficient (Wildman–Crippen LogP) is 10.5. The zero-order valence-corrected chi connectivity index (χ0v) is 22.1. The van der Waals surface area contributed by atoms with E-state index in [9.17, 15) is 0 Å². The van der Waals surface area contributed by atoms with Crippen LogP contribution in [0.3, 0.4) is 0 Å². The summed E-state index contributed by atoms with van der Waals surface area (Å²) in [7, 11) is 0. The van der Waals surface area contributed by atoms with Crippen LogP contribution in [0.5, 0.6) is 0 Å². The van der Waals surface area contributed by atoms with Crippen LogP contribution < -0.4 is 0 Å². The fraction of sp³-hybridized carbons (Fsp3) is 0.786. The molecule has 1 aromatic rings. The van der Waals surface area contributed by atoms with Gasteiger partial charge in [-0.3, -0.25) is 0 Å². The minimum Gasteiger partial charge on any atom is -0.0683 e. The van der Waals surface area contributed by atoms with Crippen LogP contribution in [0.2, 0.25) is 0 Å². The molecular formula is C28H58. The van der Waals surface area contributed by atoms with Gasteiger partial charge in [0.15, 0.2) is 0 Å². The number of hydrogen-bond acceptors (Lipinski definition) is 0. The summed E-state index contributed by atoms with van der Waals surface area (Å²) in [5, 5.41) is 0. The van der Waals surface area contributed by atoms with Gasteiger partial charge < -0.3 is 0 Å². The smallest absolute Gasteiger partial charge is 0.0305 e. The van der Waals surface area contributed by atoms with Crippen molar-refractivity contribution in [3.63, 3.8) is 0 Å². The molecule has 0 bridgehead atoms. The molecule has 1 fully saturated rings. The fourth-order valence-corrected chi connectivity index (χ4v) is 3.61. The van der Waals surface area contributed by atoms with E-state index in [1.165, 1.54) is 49.7 Å². The van der Waals surface area contributed by atoms with Crippen molar-refractivity contribution in [3.05, 3.63) is 35.4 Å². The van der Waals surface area contributed by atoms with Gasteiger partial charge in [-0.1, -0.05) is 146 Å². The average Bonchev–Trinajstić information content (AvgIpc) is 2.84. The molecule has 0 aliphatic heterocycles. The van der Waals surface area contributed by atoms with Crippen LogP contribution in [-0.4, -0.2) is 0 Å². The molecule has 0 nitrogen and oxygen atoms in total. The van der Waals surface area contributed by atoms with Crippen LogP contribution in [0, 0.1) is 11.8 Å². The van der Waals surface area contributed by atoms with E-state index in [1.807, 2.05) is 55.4 Å². The van der Waals surface area contributed by atoms with Gasteiger partial charge in [-0.15, -0.1) is 0 Å². The Morgan fingerprint density at radius 3 is 1.07 bits per heavy atom. The summed E-state index contributed by atoms with van der Waals surface area (Å²) in [5.74, 6) is 2.14. The molecule has 28 heavy (non-hydrogen) atoms. The van der Waals surface area contributed by atoms with Crippen LogP contribution in [0.1, 0.15) is 133 Å². The summed E-state index contributed by atoms with van der Waals surface area (Å²) in [6.07, 6.45) is 11.2. The minimum absolute atomic E-state index is 1.07. The van der Waals surface area contributed by atoms with Gasteiger partial charge in [0.05, 0.1) is 0 Å². The monoisotopic (exact) mass is 394 g/mol. The molecular weight excluding hydrogens is 336 g/mol. The zero-order chi connectivity index (χ0) is 22.8. The topological polar surface area (TPSA) is 0 Å². The third kappa shape index (κ3) is 17.3. The first-order chi connectivity index (χ1) is 13.8. The highest BCUT2D eigenvalue weighted by molar-refractivity contribution is 5.26. The maximum absolute atomic E-state index is 2.35. The maximum Gasteiger partial charge on any atom is -0.0305 e. The number of hydrogen-bond donors (Lipinski definition) is 0. The van der Waals surface area contributed by atoms with Crippen LogP contribution in [0.4, 0.5) is 0 Å². The van der Waals surface area contributed by atoms with Crippen molar-refractivity contribution in [2.75, 3.05) is 0 Å².